The van der Waals surface area contributed by atoms with E-state index in [9.17, 15) is 0 Å². The van der Waals surface area contributed by atoms with E-state index in [1.807, 2.05) is 0 Å². The van der Waals surface area contributed by atoms with Crippen LogP contribution < -0.4 is 24.8 Å². The van der Waals surface area contributed by atoms with Crippen molar-refractivity contribution in [2.45, 2.75) is 91.5 Å². The molecule has 3 aliphatic rings. The summed E-state index contributed by atoms with van der Waals surface area (Å²) in [4.78, 5) is 0. The predicted octanol–water partition coefficient (Wildman–Crippen LogP) is 7.56. The molecule has 250 valence electrons. The molecule has 0 nitrogen and oxygen atoms in total. The van der Waals surface area contributed by atoms with Crippen LogP contribution in [0.5, 0.6) is 0 Å². The maximum Gasteiger partial charge on any atom is -1.00 e. The number of hydrogen-bond donors (Lipinski definition) is 0. The summed E-state index contributed by atoms with van der Waals surface area (Å²) < 4.78 is 4.21. The molecule has 1 fully saturated rings. The monoisotopic (exact) mass is 710 g/mol. The van der Waals surface area contributed by atoms with Gasteiger partial charge in [-0.3, -0.25) is 0 Å². The van der Waals surface area contributed by atoms with Gasteiger partial charge in [-0.2, -0.15) is 0 Å². The molecule has 0 amide bonds. The molecular formula is C45H52Cl2Ti. The molecule has 4 aromatic carbocycles. The molecule has 7 rings (SSSR count). The first-order valence-electron chi connectivity index (χ1n) is 18.0. The van der Waals surface area contributed by atoms with Crippen LogP contribution in [0.2, 0.25) is 9.45 Å². The van der Waals surface area contributed by atoms with Gasteiger partial charge in [0, 0.05) is 0 Å². The Balaban J connectivity index is 0.00000225. The normalized spacial score (nSPS) is 18.3. The Kier molecular flexibility index (Phi) is 11.1. The molecule has 0 radical (unpaired) electrons. The van der Waals surface area contributed by atoms with Gasteiger partial charge in [-0.05, 0) is 0 Å². The summed E-state index contributed by atoms with van der Waals surface area (Å²) in [7, 11) is 0. The summed E-state index contributed by atoms with van der Waals surface area (Å²) in [6.45, 7) is 19.0. The van der Waals surface area contributed by atoms with Crippen molar-refractivity contribution in [1.82, 2.24) is 0 Å². The molecule has 0 spiro atoms. The molecular weight excluding hydrogens is 659 g/mol. The SMILES string of the molecule is CC(C)C1=Cc2c(-c3ccc(C(C)C)cc3)cccc2[CH]1[Ti+2]1([CH]2C(C(C)C)=Cc3c(-c4ccc(C(C)C)cc4)cccc32)[CH2]C[CH2]1.[Cl-].[Cl-]. The first kappa shape index (κ1) is 36.9. The first-order valence-corrected chi connectivity index (χ1v) is 22.0. The average Bonchev–Trinajstić information content (AvgIpc) is 3.61. The fraction of sp³-hybridized carbons (Fsp3) is 0.378. The van der Waals surface area contributed by atoms with Gasteiger partial charge in [0.05, 0.1) is 0 Å². The van der Waals surface area contributed by atoms with Crippen molar-refractivity contribution in [2.24, 2.45) is 11.8 Å². The van der Waals surface area contributed by atoms with Crippen molar-refractivity contribution in [1.29, 1.82) is 0 Å². The van der Waals surface area contributed by atoms with Crippen LogP contribution in [0.15, 0.2) is 96.1 Å². The molecule has 48 heavy (non-hydrogen) atoms. The number of allylic oxidation sites excluding steroid dienone is 2. The molecule has 2 unspecified atom stereocenters. The zero-order valence-electron chi connectivity index (χ0n) is 30.1. The minimum atomic E-state index is -2.58. The van der Waals surface area contributed by atoms with Gasteiger partial charge in [0.25, 0.3) is 0 Å². The van der Waals surface area contributed by atoms with Crippen LogP contribution in [0.3, 0.4) is 0 Å². The summed E-state index contributed by atoms with van der Waals surface area (Å²) in [6, 6.07) is 33.3. The number of hydrogen-bond acceptors (Lipinski definition) is 0. The van der Waals surface area contributed by atoms with Crippen LogP contribution in [-0.4, -0.2) is 0 Å². The standard InChI is InChI=1S/2C21H23.C3H6.2ClH.Ti/c2*1-14(2)16-8-10-17(11-9-16)20-7-5-6-18-12-19(15(3)4)13-21(18)20;1-3-2;;;/h2*5-15H,1-4H3;1-3H2;2*1H;/q;;;;;+2/p-2. The Bertz CT molecular complexity index is 1690. The molecule has 0 aromatic heterocycles. The van der Waals surface area contributed by atoms with E-state index in [0.29, 0.717) is 32.1 Å². The molecule has 1 heterocycles. The minimum Gasteiger partial charge on any atom is -1.00 e. The Morgan fingerprint density at radius 1 is 0.479 bits per heavy atom. The van der Waals surface area contributed by atoms with E-state index < -0.39 is 16.6 Å². The second kappa shape index (κ2) is 14.5. The third-order valence-corrected chi connectivity index (χ3v) is 21.3. The topological polar surface area (TPSA) is 0 Å². The second-order valence-corrected chi connectivity index (χ2v) is 22.9. The van der Waals surface area contributed by atoms with E-state index in [0.717, 1.165) is 0 Å². The van der Waals surface area contributed by atoms with Crippen LogP contribution in [-0.2, 0) is 16.6 Å². The van der Waals surface area contributed by atoms with Crippen LogP contribution in [0, 0.1) is 11.8 Å². The Morgan fingerprint density at radius 3 is 1.15 bits per heavy atom. The third kappa shape index (κ3) is 6.15. The van der Waals surface area contributed by atoms with Crippen LogP contribution in [0.1, 0.15) is 115 Å². The number of rotatable bonds is 8. The van der Waals surface area contributed by atoms with Gasteiger partial charge in [-0.15, -0.1) is 0 Å². The maximum absolute atomic E-state index is 2.66. The molecule has 0 saturated carbocycles. The fourth-order valence-electron chi connectivity index (χ4n) is 9.06. The van der Waals surface area contributed by atoms with E-state index in [-0.39, 0.29) is 24.8 Å². The van der Waals surface area contributed by atoms with Crippen molar-refractivity contribution in [2.75, 3.05) is 0 Å². The van der Waals surface area contributed by atoms with Crippen molar-refractivity contribution in [3.05, 3.63) is 129 Å². The number of benzene rings is 4. The molecule has 2 aliphatic carbocycles. The van der Waals surface area contributed by atoms with Crippen LogP contribution >= 0.6 is 0 Å². The Labute approximate surface area is 306 Å². The zero-order chi connectivity index (χ0) is 32.3. The van der Waals surface area contributed by atoms with Gasteiger partial charge in [-0.25, -0.2) is 0 Å². The summed E-state index contributed by atoms with van der Waals surface area (Å²) in [5, 5.41) is 0. The van der Waals surface area contributed by atoms with Crippen molar-refractivity contribution in [3.8, 4) is 22.3 Å². The Hall–Kier alpha value is -2.35. The van der Waals surface area contributed by atoms with Gasteiger partial charge in [0.15, 0.2) is 0 Å². The molecule has 0 bridgehead atoms. The molecule has 2 atom stereocenters. The van der Waals surface area contributed by atoms with Gasteiger partial charge in [0.1, 0.15) is 0 Å². The van der Waals surface area contributed by atoms with Crippen molar-refractivity contribution >= 4 is 12.2 Å². The molecule has 1 aliphatic heterocycles. The van der Waals surface area contributed by atoms with E-state index in [2.05, 4.69) is 152 Å². The molecule has 0 N–H and O–H groups in total. The summed E-state index contributed by atoms with van der Waals surface area (Å²) in [5.74, 6) is 2.21. The Morgan fingerprint density at radius 2 is 0.854 bits per heavy atom. The van der Waals surface area contributed by atoms with Crippen molar-refractivity contribution < 1.29 is 41.4 Å². The zero-order valence-corrected chi connectivity index (χ0v) is 33.2. The molecule has 4 aromatic rings. The smallest absolute Gasteiger partial charge is 1.00 e. The minimum absolute atomic E-state index is 0. The maximum atomic E-state index is 2.66. The van der Waals surface area contributed by atoms with Gasteiger partial charge < -0.3 is 24.8 Å². The second-order valence-electron chi connectivity index (χ2n) is 15.7. The third-order valence-electron chi connectivity index (χ3n) is 11.7. The summed E-state index contributed by atoms with van der Waals surface area (Å²) in [6.07, 6.45) is 6.72. The number of fused-ring (bicyclic) bond motifs is 2. The van der Waals surface area contributed by atoms with Crippen LogP contribution in [0.4, 0.5) is 0 Å². The van der Waals surface area contributed by atoms with Crippen LogP contribution in [0.25, 0.3) is 34.4 Å². The van der Waals surface area contributed by atoms with Crippen molar-refractivity contribution in [3.63, 3.8) is 0 Å². The van der Waals surface area contributed by atoms with E-state index in [1.54, 1.807) is 22.3 Å². The fourth-order valence-corrected chi connectivity index (χ4v) is 19.3. The van der Waals surface area contributed by atoms with E-state index in [4.69, 9.17) is 0 Å². The van der Waals surface area contributed by atoms with Gasteiger partial charge >= 0.3 is 284 Å². The van der Waals surface area contributed by atoms with Gasteiger partial charge in [-0.1, -0.05) is 0 Å². The van der Waals surface area contributed by atoms with E-state index >= 15 is 0 Å². The number of halogens is 2. The molecule has 3 heteroatoms. The average molecular weight is 712 g/mol. The quantitative estimate of drug-likeness (QED) is 0.166. The first-order chi connectivity index (χ1) is 22.1. The van der Waals surface area contributed by atoms with Gasteiger partial charge in [0.2, 0.25) is 0 Å². The molecule has 1 saturated heterocycles. The summed E-state index contributed by atoms with van der Waals surface area (Å²) >= 11 is -2.58. The summed E-state index contributed by atoms with van der Waals surface area (Å²) in [5.41, 5.74) is 18.1. The largest absolute Gasteiger partial charge is 1.00 e. The predicted molar refractivity (Wildman–Crippen MR) is 197 cm³/mol. The van der Waals surface area contributed by atoms with E-state index in [1.165, 1.54) is 60.4 Å².